The number of benzene rings is 1. The number of hydrogen-bond donors (Lipinski definition) is 1. The van der Waals surface area contributed by atoms with E-state index in [0.717, 1.165) is 24.2 Å². The Morgan fingerprint density at radius 2 is 2.19 bits per heavy atom. The third-order valence-corrected chi connectivity index (χ3v) is 2.95. The molecular weight excluding hydrogens is 222 g/mol. The summed E-state index contributed by atoms with van der Waals surface area (Å²) in [5, 5.41) is 3.39. The molecule has 0 aliphatic heterocycles. The van der Waals surface area contributed by atoms with E-state index < -0.39 is 0 Å². The molecule has 0 saturated carbocycles. The van der Waals surface area contributed by atoms with Gasteiger partial charge in [0.25, 0.3) is 0 Å². The van der Waals surface area contributed by atoms with Crippen molar-refractivity contribution in [2.45, 2.75) is 19.5 Å². The Morgan fingerprint density at radius 3 is 3.00 bits per heavy atom. The van der Waals surface area contributed by atoms with Crippen molar-refractivity contribution in [3.63, 3.8) is 0 Å². The largest absolute Gasteiger partial charge is 0.383 e. The van der Waals surface area contributed by atoms with Crippen LogP contribution in [0.1, 0.15) is 12.5 Å². The van der Waals surface area contributed by atoms with Gasteiger partial charge in [-0.15, -0.1) is 0 Å². The van der Waals surface area contributed by atoms with Crippen LogP contribution in [0.5, 0.6) is 0 Å². The quantitative estimate of drug-likeness (QED) is 0.861. The predicted octanol–water partition coefficient (Wildman–Crippen LogP) is 1.82. The minimum atomic E-state index is 0.356. The van der Waals surface area contributed by atoms with E-state index in [1.165, 1.54) is 17.3 Å². The summed E-state index contributed by atoms with van der Waals surface area (Å²) in [7, 11) is 1.71. The van der Waals surface area contributed by atoms with Gasteiger partial charge in [-0.3, -0.25) is 0 Å². The van der Waals surface area contributed by atoms with E-state index >= 15 is 0 Å². The molecule has 1 N–H and O–H groups in total. The zero-order chi connectivity index (χ0) is 11.4. The van der Waals surface area contributed by atoms with Crippen LogP contribution in [0.4, 0.5) is 0 Å². The van der Waals surface area contributed by atoms with Gasteiger partial charge >= 0.3 is 0 Å². The monoisotopic (exact) mass is 237 g/mol. The van der Waals surface area contributed by atoms with Crippen LogP contribution >= 0.6 is 11.7 Å². The Morgan fingerprint density at radius 1 is 1.38 bits per heavy atom. The molecule has 1 unspecified atom stereocenters. The molecular formula is C11H15N3OS. The molecule has 1 heterocycles. The first kappa shape index (κ1) is 11.4. The van der Waals surface area contributed by atoms with Gasteiger partial charge in [0.2, 0.25) is 0 Å². The molecule has 2 rings (SSSR count). The highest BCUT2D eigenvalue weighted by molar-refractivity contribution is 7.00. The third-order valence-electron chi connectivity index (χ3n) is 2.39. The molecule has 0 saturated heterocycles. The standard InChI is InChI=1S/C11H15N3OS/c1-8(7-15-2)12-6-9-3-4-10-11(5-9)14-16-13-10/h3-5,8,12H,6-7H2,1-2H3. The number of hydrogen-bond acceptors (Lipinski definition) is 5. The normalized spacial score (nSPS) is 13.1. The first-order chi connectivity index (χ1) is 7.79. The van der Waals surface area contributed by atoms with Crippen LogP contribution in [-0.4, -0.2) is 28.5 Å². The molecule has 86 valence electrons. The van der Waals surface area contributed by atoms with E-state index in [2.05, 4.69) is 33.1 Å². The van der Waals surface area contributed by atoms with E-state index in [1.54, 1.807) is 7.11 Å². The molecule has 0 bridgehead atoms. The van der Waals surface area contributed by atoms with Crippen molar-refractivity contribution < 1.29 is 4.74 Å². The van der Waals surface area contributed by atoms with E-state index in [9.17, 15) is 0 Å². The summed E-state index contributed by atoms with van der Waals surface area (Å²) in [4.78, 5) is 0. The van der Waals surface area contributed by atoms with Crippen molar-refractivity contribution in [2.75, 3.05) is 13.7 Å². The maximum absolute atomic E-state index is 5.07. The molecule has 1 atom stereocenters. The number of nitrogens with one attached hydrogen (secondary N) is 1. The number of ether oxygens (including phenoxy) is 1. The molecule has 0 radical (unpaired) electrons. The highest BCUT2D eigenvalue weighted by Crippen LogP contribution is 2.13. The topological polar surface area (TPSA) is 47.0 Å². The van der Waals surface area contributed by atoms with Gasteiger partial charge in [-0.25, -0.2) is 0 Å². The fourth-order valence-electron chi connectivity index (χ4n) is 1.54. The highest BCUT2D eigenvalue weighted by Gasteiger charge is 2.03. The molecule has 1 aromatic heterocycles. The summed E-state index contributed by atoms with van der Waals surface area (Å²) in [6.07, 6.45) is 0. The maximum Gasteiger partial charge on any atom is 0.105 e. The van der Waals surface area contributed by atoms with Crippen molar-refractivity contribution in [3.8, 4) is 0 Å². The van der Waals surface area contributed by atoms with E-state index in [4.69, 9.17) is 4.74 Å². The van der Waals surface area contributed by atoms with Crippen molar-refractivity contribution >= 4 is 22.8 Å². The summed E-state index contributed by atoms with van der Waals surface area (Å²) in [5.41, 5.74) is 3.17. The Balaban J connectivity index is 1.98. The first-order valence-corrected chi connectivity index (χ1v) is 5.96. The molecule has 0 spiro atoms. The van der Waals surface area contributed by atoms with Gasteiger partial charge in [0.15, 0.2) is 0 Å². The molecule has 0 fully saturated rings. The second-order valence-corrected chi connectivity index (χ2v) is 4.35. The molecule has 4 nitrogen and oxygen atoms in total. The van der Waals surface area contributed by atoms with Crippen LogP contribution in [0.3, 0.4) is 0 Å². The van der Waals surface area contributed by atoms with Gasteiger partial charge in [0.05, 0.1) is 18.3 Å². The van der Waals surface area contributed by atoms with Gasteiger partial charge in [-0.1, -0.05) is 6.07 Å². The predicted molar refractivity (Wildman–Crippen MR) is 65.6 cm³/mol. The van der Waals surface area contributed by atoms with Gasteiger partial charge in [-0.2, -0.15) is 8.75 Å². The van der Waals surface area contributed by atoms with Gasteiger partial charge in [-0.05, 0) is 24.6 Å². The minimum Gasteiger partial charge on any atom is -0.383 e. The lowest BCUT2D eigenvalue weighted by Crippen LogP contribution is -2.29. The minimum absolute atomic E-state index is 0.356. The Hall–Kier alpha value is -1.04. The Kier molecular flexibility index (Phi) is 3.82. The lowest BCUT2D eigenvalue weighted by Gasteiger charge is -2.12. The van der Waals surface area contributed by atoms with Crippen LogP contribution in [0.2, 0.25) is 0 Å². The number of nitrogens with zero attached hydrogens (tertiary/aromatic N) is 2. The summed E-state index contributed by atoms with van der Waals surface area (Å²) < 4.78 is 13.5. The van der Waals surface area contributed by atoms with Crippen LogP contribution in [0.25, 0.3) is 11.0 Å². The molecule has 2 aromatic rings. The van der Waals surface area contributed by atoms with Gasteiger partial charge in [0.1, 0.15) is 11.0 Å². The van der Waals surface area contributed by atoms with Gasteiger partial charge in [0, 0.05) is 19.7 Å². The van der Waals surface area contributed by atoms with E-state index in [1.807, 2.05) is 6.07 Å². The Bertz CT molecular complexity index is 457. The zero-order valence-electron chi connectivity index (χ0n) is 9.43. The fraction of sp³-hybridized carbons (Fsp3) is 0.455. The molecule has 0 aliphatic rings. The zero-order valence-corrected chi connectivity index (χ0v) is 10.3. The summed E-state index contributed by atoms with van der Waals surface area (Å²) in [6.45, 7) is 3.66. The summed E-state index contributed by atoms with van der Waals surface area (Å²) in [6, 6.07) is 6.52. The van der Waals surface area contributed by atoms with E-state index in [0.29, 0.717) is 6.04 Å². The second kappa shape index (κ2) is 5.34. The average Bonchev–Trinajstić information content (AvgIpc) is 2.74. The second-order valence-electron chi connectivity index (χ2n) is 3.82. The molecule has 1 aromatic carbocycles. The third kappa shape index (κ3) is 2.75. The van der Waals surface area contributed by atoms with Crippen molar-refractivity contribution in [1.29, 1.82) is 0 Å². The molecule has 0 aliphatic carbocycles. The highest BCUT2D eigenvalue weighted by atomic mass is 32.1. The summed E-state index contributed by atoms with van der Waals surface area (Å²) >= 11 is 1.25. The lowest BCUT2D eigenvalue weighted by molar-refractivity contribution is 0.171. The Labute approximate surface area is 99.0 Å². The van der Waals surface area contributed by atoms with Crippen molar-refractivity contribution in [3.05, 3.63) is 23.8 Å². The van der Waals surface area contributed by atoms with E-state index in [-0.39, 0.29) is 0 Å². The first-order valence-electron chi connectivity index (χ1n) is 5.23. The summed E-state index contributed by atoms with van der Waals surface area (Å²) in [5.74, 6) is 0. The fourth-order valence-corrected chi connectivity index (χ4v) is 2.06. The van der Waals surface area contributed by atoms with Crippen molar-refractivity contribution in [2.24, 2.45) is 0 Å². The number of rotatable bonds is 5. The molecule has 16 heavy (non-hydrogen) atoms. The van der Waals surface area contributed by atoms with Crippen LogP contribution in [0, 0.1) is 0 Å². The molecule has 5 heteroatoms. The van der Waals surface area contributed by atoms with Crippen LogP contribution in [-0.2, 0) is 11.3 Å². The lowest BCUT2D eigenvalue weighted by atomic mass is 10.2. The van der Waals surface area contributed by atoms with Crippen LogP contribution < -0.4 is 5.32 Å². The smallest absolute Gasteiger partial charge is 0.105 e. The van der Waals surface area contributed by atoms with Gasteiger partial charge < -0.3 is 10.1 Å². The number of methoxy groups -OCH3 is 1. The van der Waals surface area contributed by atoms with Crippen LogP contribution in [0.15, 0.2) is 18.2 Å². The average molecular weight is 237 g/mol. The number of aromatic nitrogens is 2. The molecule has 0 amide bonds. The van der Waals surface area contributed by atoms with Crippen molar-refractivity contribution in [1.82, 2.24) is 14.1 Å². The SMILES string of the molecule is COCC(C)NCc1ccc2nsnc2c1. The number of fused-ring (bicyclic) bond motifs is 1. The maximum atomic E-state index is 5.07.